The largest absolute Gasteiger partial charge is 0.481 e. The molecule has 120 valence electrons. The summed E-state index contributed by atoms with van der Waals surface area (Å²) in [6.45, 7) is 8.73. The Morgan fingerprint density at radius 2 is 2.14 bits per heavy atom. The third-order valence-corrected chi connectivity index (χ3v) is 3.32. The highest BCUT2D eigenvalue weighted by atomic mass is 16.5. The average Bonchev–Trinajstić information content (AvgIpc) is 2.87. The van der Waals surface area contributed by atoms with Gasteiger partial charge in [-0.15, -0.1) is 0 Å². The number of nitrogens with zero attached hydrogens (tertiary/aromatic N) is 1. The van der Waals surface area contributed by atoms with Gasteiger partial charge in [-0.1, -0.05) is 13.8 Å². The number of hydrogen-bond donors (Lipinski definition) is 0. The van der Waals surface area contributed by atoms with E-state index in [1.54, 1.807) is 17.4 Å². The van der Waals surface area contributed by atoms with E-state index in [4.69, 9.17) is 9.15 Å². The predicted octanol–water partition coefficient (Wildman–Crippen LogP) is 2.92. The first kappa shape index (κ1) is 16.3. The van der Waals surface area contributed by atoms with Crippen molar-refractivity contribution in [3.8, 4) is 0 Å². The second kappa shape index (κ2) is 6.38. The molecule has 0 unspecified atom stereocenters. The summed E-state index contributed by atoms with van der Waals surface area (Å²) in [5.41, 5.74) is 0.270. The standard InChI is InChI=1S/C17H23NO4/c1-12(2)9-18(10-13-5-6-21-11-13)16(20)15-7-14(19)8-17(3,4)22-15/h5-7,11-12H,8-10H2,1-4H3. The van der Waals surface area contributed by atoms with Gasteiger partial charge < -0.3 is 14.1 Å². The Kier molecular flexibility index (Phi) is 4.74. The molecule has 1 aromatic heterocycles. The maximum Gasteiger partial charge on any atom is 0.289 e. The first-order chi connectivity index (χ1) is 10.3. The van der Waals surface area contributed by atoms with Crippen molar-refractivity contribution >= 4 is 11.7 Å². The molecule has 0 fully saturated rings. The summed E-state index contributed by atoms with van der Waals surface area (Å²) in [4.78, 5) is 26.2. The fourth-order valence-electron chi connectivity index (χ4n) is 2.50. The minimum absolute atomic E-state index is 0.0765. The van der Waals surface area contributed by atoms with E-state index < -0.39 is 5.60 Å². The van der Waals surface area contributed by atoms with Crippen molar-refractivity contribution in [2.75, 3.05) is 6.54 Å². The first-order valence-corrected chi connectivity index (χ1v) is 7.51. The zero-order chi connectivity index (χ0) is 16.3. The van der Waals surface area contributed by atoms with E-state index in [1.807, 2.05) is 33.8 Å². The zero-order valence-electron chi connectivity index (χ0n) is 13.6. The molecule has 2 heterocycles. The van der Waals surface area contributed by atoms with Crippen LogP contribution in [-0.2, 0) is 20.9 Å². The van der Waals surface area contributed by atoms with Crippen LogP contribution in [0.25, 0.3) is 0 Å². The number of ketones is 1. The molecule has 22 heavy (non-hydrogen) atoms. The van der Waals surface area contributed by atoms with Gasteiger partial charge in [0.2, 0.25) is 0 Å². The number of hydrogen-bond acceptors (Lipinski definition) is 4. The molecule has 0 saturated heterocycles. The summed E-state index contributed by atoms with van der Waals surface area (Å²) in [7, 11) is 0. The molecule has 1 amide bonds. The van der Waals surface area contributed by atoms with Gasteiger partial charge in [-0.2, -0.15) is 0 Å². The van der Waals surface area contributed by atoms with E-state index in [-0.39, 0.29) is 23.9 Å². The Morgan fingerprint density at radius 1 is 1.41 bits per heavy atom. The van der Waals surface area contributed by atoms with Crippen molar-refractivity contribution < 1.29 is 18.7 Å². The van der Waals surface area contributed by atoms with Gasteiger partial charge in [0, 0.05) is 31.1 Å². The fourth-order valence-corrected chi connectivity index (χ4v) is 2.50. The lowest BCUT2D eigenvalue weighted by Crippen LogP contribution is -2.40. The molecule has 0 N–H and O–H groups in total. The fraction of sp³-hybridized carbons (Fsp3) is 0.529. The molecule has 0 aliphatic carbocycles. The van der Waals surface area contributed by atoms with Crippen LogP contribution in [-0.4, -0.2) is 28.7 Å². The van der Waals surface area contributed by atoms with Crippen molar-refractivity contribution in [1.29, 1.82) is 0 Å². The Hall–Kier alpha value is -2.04. The molecule has 0 radical (unpaired) electrons. The van der Waals surface area contributed by atoms with Gasteiger partial charge in [0.25, 0.3) is 5.91 Å². The third-order valence-electron chi connectivity index (χ3n) is 3.32. The number of allylic oxidation sites excluding steroid dienone is 1. The highest BCUT2D eigenvalue weighted by molar-refractivity contribution is 6.01. The lowest BCUT2D eigenvalue weighted by Gasteiger charge is -2.32. The molecular formula is C17H23NO4. The molecule has 1 aromatic rings. The molecule has 0 atom stereocenters. The number of rotatable bonds is 5. The van der Waals surface area contributed by atoms with Gasteiger partial charge in [-0.25, -0.2) is 0 Å². The van der Waals surface area contributed by atoms with Gasteiger partial charge >= 0.3 is 0 Å². The lowest BCUT2D eigenvalue weighted by atomic mass is 9.98. The Morgan fingerprint density at radius 3 is 2.68 bits per heavy atom. The van der Waals surface area contributed by atoms with Crippen LogP contribution in [0.5, 0.6) is 0 Å². The summed E-state index contributed by atoms with van der Waals surface area (Å²) in [5.74, 6) is 0.109. The molecule has 1 aliphatic heterocycles. The molecule has 0 saturated carbocycles. The van der Waals surface area contributed by atoms with Crippen LogP contribution >= 0.6 is 0 Å². The monoisotopic (exact) mass is 305 g/mol. The van der Waals surface area contributed by atoms with Gasteiger partial charge in [0.15, 0.2) is 11.5 Å². The van der Waals surface area contributed by atoms with E-state index in [0.29, 0.717) is 19.0 Å². The first-order valence-electron chi connectivity index (χ1n) is 7.51. The van der Waals surface area contributed by atoms with Crippen molar-refractivity contribution in [2.24, 2.45) is 5.92 Å². The third kappa shape index (κ3) is 4.23. The normalized spacial score (nSPS) is 17.1. The summed E-state index contributed by atoms with van der Waals surface area (Å²) in [6, 6.07) is 1.83. The van der Waals surface area contributed by atoms with E-state index in [9.17, 15) is 9.59 Å². The molecule has 5 heteroatoms. The Balaban J connectivity index is 2.19. The average molecular weight is 305 g/mol. The second-order valence-corrected chi connectivity index (χ2v) is 6.72. The predicted molar refractivity (Wildman–Crippen MR) is 81.8 cm³/mol. The number of carbonyl (C=O) groups excluding carboxylic acids is 2. The van der Waals surface area contributed by atoms with Gasteiger partial charge in [-0.05, 0) is 25.8 Å². The Bertz CT molecular complexity index is 569. The molecular weight excluding hydrogens is 282 g/mol. The molecule has 2 rings (SSSR count). The van der Waals surface area contributed by atoms with E-state index in [2.05, 4.69) is 0 Å². The second-order valence-electron chi connectivity index (χ2n) is 6.72. The minimum Gasteiger partial charge on any atom is -0.481 e. The minimum atomic E-state index is -0.643. The van der Waals surface area contributed by atoms with E-state index in [0.717, 1.165) is 5.56 Å². The van der Waals surface area contributed by atoms with Crippen LogP contribution in [0.15, 0.2) is 34.8 Å². The molecule has 5 nitrogen and oxygen atoms in total. The van der Waals surface area contributed by atoms with Crippen molar-refractivity contribution in [3.63, 3.8) is 0 Å². The summed E-state index contributed by atoms with van der Waals surface area (Å²) >= 11 is 0. The smallest absolute Gasteiger partial charge is 0.289 e. The summed E-state index contributed by atoms with van der Waals surface area (Å²) < 4.78 is 10.8. The maximum absolute atomic E-state index is 12.7. The van der Waals surface area contributed by atoms with Crippen LogP contribution in [0.3, 0.4) is 0 Å². The zero-order valence-corrected chi connectivity index (χ0v) is 13.6. The molecule has 0 bridgehead atoms. The summed E-state index contributed by atoms with van der Waals surface area (Å²) in [6.07, 6.45) is 4.80. The molecule has 0 spiro atoms. The van der Waals surface area contributed by atoms with Gasteiger partial charge in [0.05, 0.1) is 12.5 Å². The van der Waals surface area contributed by atoms with Crippen LogP contribution in [0.4, 0.5) is 0 Å². The number of carbonyl (C=O) groups is 2. The highest BCUT2D eigenvalue weighted by Crippen LogP contribution is 2.26. The molecule has 1 aliphatic rings. The van der Waals surface area contributed by atoms with Gasteiger partial charge in [0.1, 0.15) is 5.60 Å². The van der Waals surface area contributed by atoms with Gasteiger partial charge in [-0.3, -0.25) is 9.59 Å². The quantitative estimate of drug-likeness (QED) is 0.839. The van der Waals surface area contributed by atoms with Crippen molar-refractivity contribution in [1.82, 2.24) is 4.90 Å². The lowest BCUT2D eigenvalue weighted by molar-refractivity contribution is -0.139. The highest BCUT2D eigenvalue weighted by Gasteiger charge is 2.33. The number of ether oxygens (including phenoxy) is 1. The van der Waals surface area contributed by atoms with Crippen LogP contribution < -0.4 is 0 Å². The summed E-state index contributed by atoms with van der Waals surface area (Å²) in [5, 5.41) is 0. The number of furan rings is 1. The SMILES string of the molecule is CC(C)CN(Cc1ccoc1)C(=O)C1=CC(=O)CC(C)(C)O1. The number of amides is 1. The van der Waals surface area contributed by atoms with Crippen molar-refractivity contribution in [3.05, 3.63) is 36.0 Å². The van der Waals surface area contributed by atoms with Crippen LogP contribution in [0.1, 0.15) is 39.7 Å². The van der Waals surface area contributed by atoms with Crippen LogP contribution in [0.2, 0.25) is 0 Å². The van der Waals surface area contributed by atoms with Crippen LogP contribution in [0, 0.1) is 5.92 Å². The Labute approximate surface area is 130 Å². The topological polar surface area (TPSA) is 59.8 Å². The van der Waals surface area contributed by atoms with E-state index in [1.165, 1.54) is 6.08 Å². The van der Waals surface area contributed by atoms with E-state index >= 15 is 0 Å². The maximum atomic E-state index is 12.7. The van der Waals surface area contributed by atoms with Crippen molar-refractivity contribution in [2.45, 2.75) is 46.3 Å². The molecule has 0 aromatic carbocycles.